The van der Waals surface area contributed by atoms with Crippen LogP contribution in [0.1, 0.15) is 28.9 Å². The summed E-state index contributed by atoms with van der Waals surface area (Å²) in [6.07, 6.45) is 7.27. The first kappa shape index (κ1) is 19.5. The van der Waals surface area contributed by atoms with Crippen molar-refractivity contribution in [2.75, 3.05) is 19.7 Å². The maximum absolute atomic E-state index is 12.9. The number of carbonyl (C=O) groups excluding carboxylic acids is 1. The number of aryl methyl sites for hydroxylation is 1. The Bertz CT molecular complexity index is 866. The van der Waals surface area contributed by atoms with Gasteiger partial charge >= 0.3 is 0 Å². The zero-order valence-corrected chi connectivity index (χ0v) is 16.3. The number of aliphatic hydroxyl groups is 1. The van der Waals surface area contributed by atoms with Gasteiger partial charge in [-0.15, -0.1) is 11.3 Å². The quantitative estimate of drug-likeness (QED) is 0.570. The monoisotopic (exact) mass is 404 g/mol. The largest absolute Gasteiger partial charge is 0.396 e. The van der Waals surface area contributed by atoms with E-state index in [0.29, 0.717) is 36.5 Å². The fourth-order valence-corrected chi connectivity index (χ4v) is 3.87. The molecule has 3 rings (SSSR count). The van der Waals surface area contributed by atoms with Crippen molar-refractivity contribution in [1.29, 1.82) is 0 Å². The van der Waals surface area contributed by atoms with E-state index in [4.69, 9.17) is 16.7 Å². The number of carbonyl (C=O) groups is 1. The summed E-state index contributed by atoms with van der Waals surface area (Å²) in [6, 6.07) is 5.51. The predicted octanol–water partition coefficient (Wildman–Crippen LogP) is 3.64. The molecule has 0 aliphatic rings. The smallest absolute Gasteiger partial charge is 0.254 e. The third-order valence-electron chi connectivity index (χ3n) is 4.18. The summed E-state index contributed by atoms with van der Waals surface area (Å²) in [6.45, 7) is 1.16. The van der Waals surface area contributed by atoms with Crippen LogP contribution in [0.2, 0.25) is 5.02 Å². The van der Waals surface area contributed by atoms with E-state index >= 15 is 0 Å². The first-order chi connectivity index (χ1) is 13.2. The molecule has 0 aromatic carbocycles. The lowest BCUT2D eigenvalue weighted by Crippen LogP contribution is -2.33. The van der Waals surface area contributed by atoms with Gasteiger partial charge in [-0.05, 0) is 37.5 Å². The second kappa shape index (κ2) is 9.64. The van der Waals surface area contributed by atoms with Crippen molar-refractivity contribution >= 4 is 28.8 Å². The Kier molecular flexibility index (Phi) is 6.98. The second-order valence-electron chi connectivity index (χ2n) is 6.09. The van der Waals surface area contributed by atoms with Crippen LogP contribution in [-0.2, 0) is 6.42 Å². The number of aromatic amines is 1. The molecule has 0 atom stereocenters. The maximum atomic E-state index is 12.9. The first-order valence-electron chi connectivity index (χ1n) is 8.76. The zero-order valence-electron chi connectivity index (χ0n) is 14.8. The minimum Gasteiger partial charge on any atom is -0.396 e. The zero-order chi connectivity index (χ0) is 19.1. The molecule has 0 spiro atoms. The molecule has 0 unspecified atom stereocenters. The van der Waals surface area contributed by atoms with E-state index in [2.05, 4.69) is 15.2 Å². The predicted molar refractivity (Wildman–Crippen MR) is 107 cm³/mol. The summed E-state index contributed by atoms with van der Waals surface area (Å²) in [4.78, 5) is 20.0. The fraction of sp³-hybridized carbons (Fsp3) is 0.316. The van der Waals surface area contributed by atoms with Crippen LogP contribution in [0.4, 0.5) is 0 Å². The number of amides is 1. The number of H-pyrrole nitrogens is 1. The summed E-state index contributed by atoms with van der Waals surface area (Å²) in [7, 11) is 0. The van der Waals surface area contributed by atoms with Crippen LogP contribution in [-0.4, -0.2) is 50.8 Å². The molecule has 27 heavy (non-hydrogen) atoms. The lowest BCUT2D eigenvalue weighted by atomic mass is 10.2. The highest BCUT2D eigenvalue weighted by molar-refractivity contribution is 7.13. The van der Waals surface area contributed by atoms with Gasteiger partial charge in [0.1, 0.15) is 0 Å². The molecule has 0 aliphatic heterocycles. The molecule has 3 aromatic heterocycles. The van der Waals surface area contributed by atoms with E-state index in [1.54, 1.807) is 29.6 Å². The molecule has 0 bridgehead atoms. The van der Waals surface area contributed by atoms with Gasteiger partial charge in [0.05, 0.1) is 22.5 Å². The number of hydrogen-bond donors (Lipinski definition) is 2. The van der Waals surface area contributed by atoms with Crippen molar-refractivity contribution in [3.05, 3.63) is 58.4 Å². The molecule has 3 heterocycles. The van der Waals surface area contributed by atoms with Crippen molar-refractivity contribution in [2.45, 2.75) is 19.3 Å². The van der Waals surface area contributed by atoms with Crippen LogP contribution in [0.3, 0.4) is 0 Å². The number of aromatic nitrogens is 3. The molecular weight excluding hydrogens is 384 g/mol. The van der Waals surface area contributed by atoms with Gasteiger partial charge < -0.3 is 10.0 Å². The molecular formula is C19H21ClN4O2S. The Morgan fingerprint density at radius 3 is 2.93 bits per heavy atom. The van der Waals surface area contributed by atoms with E-state index in [1.807, 2.05) is 17.5 Å². The fourth-order valence-electron chi connectivity index (χ4n) is 2.78. The van der Waals surface area contributed by atoms with Gasteiger partial charge in [0.25, 0.3) is 5.91 Å². The third kappa shape index (κ3) is 5.15. The summed E-state index contributed by atoms with van der Waals surface area (Å²) in [5.74, 6) is -0.0263. The Hall–Kier alpha value is -2.22. The molecule has 0 aliphatic carbocycles. The Labute approximate surface area is 166 Å². The second-order valence-corrected chi connectivity index (χ2v) is 7.41. The van der Waals surface area contributed by atoms with Gasteiger partial charge in [0.15, 0.2) is 0 Å². The van der Waals surface area contributed by atoms with Crippen LogP contribution in [0.15, 0.2) is 42.2 Å². The first-order valence-corrected chi connectivity index (χ1v) is 10.0. The number of thiophene rings is 1. The minimum atomic E-state index is -0.0263. The van der Waals surface area contributed by atoms with Gasteiger partial charge in [0.2, 0.25) is 0 Å². The molecule has 1 amide bonds. The molecule has 8 heteroatoms. The van der Waals surface area contributed by atoms with E-state index in [-0.39, 0.29) is 12.5 Å². The number of pyridine rings is 1. The number of nitrogens with zero attached hydrogens (tertiary/aromatic N) is 3. The van der Waals surface area contributed by atoms with Crippen molar-refractivity contribution in [3.63, 3.8) is 0 Å². The van der Waals surface area contributed by atoms with Gasteiger partial charge in [-0.25, -0.2) is 0 Å². The molecule has 0 radical (unpaired) electrons. The molecule has 6 nitrogen and oxygen atoms in total. The van der Waals surface area contributed by atoms with Crippen LogP contribution in [0.25, 0.3) is 10.4 Å². The van der Waals surface area contributed by atoms with Crippen LogP contribution in [0, 0.1) is 0 Å². The van der Waals surface area contributed by atoms with Crippen LogP contribution < -0.4 is 0 Å². The average Bonchev–Trinajstić information content (AvgIpc) is 3.36. The van der Waals surface area contributed by atoms with E-state index in [1.165, 1.54) is 11.3 Å². The summed E-state index contributed by atoms with van der Waals surface area (Å²) < 4.78 is 0. The lowest BCUT2D eigenvalue weighted by Gasteiger charge is -2.22. The third-order valence-corrected chi connectivity index (χ3v) is 5.50. The van der Waals surface area contributed by atoms with E-state index < -0.39 is 0 Å². The molecule has 0 saturated carbocycles. The van der Waals surface area contributed by atoms with Crippen molar-refractivity contribution in [1.82, 2.24) is 20.1 Å². The highest BCUT2D eigenvalue weighted by Crippen LogP contribution is 2.27. The maximum Gasteiger partial charge on any atom is 0.254 e. The van der Waals surface area contributed by atoms with Crippen LogP contribution >= 0.6 is 22.9 Å². The highest BCUT2D eigenvalue weighted by atomic mass is 35.5. The molecule has 0 saturated heterocycles. The summed E-state index contributed by atoms with van der Waals surface area (Å²) in [5, 5.41) is 18.4. The van der Waals surface area contributed by atoms with Gasteiger partial charge in [-0.2, -0.15) is 5.10 Å². The number of nitrogens with one attached hydrogen (secondary N) is 1. The van der Waals surface area contributed by atoms with E-state index in [9.17, 15) is 4.79 Å². The SMILES string of the molecule is O=C(c1csc(-c2cn[nH]c2)c1)N(CCCO)CCCc1ncccc1Cl. The van der Waals surface area contributed by atoms with Gasteiger partial charge in [-0.3, -0.25) is 14.9 Å². The summed E-state index contributed by atoms with van der Waals surface area (Å²) in [5.41, 5.74) is 2.46. The number of hydrogen-bond acceptors (Lipinski definition) is 5. The average molecular weight is 405 g/mol. The van der Waals surface area contributed by atoms with Crippen LogP contribution in [0.5, 0.6) is 0 Å². The Balaban J connectivity index is 1.64. The lowest BCUT2D eigenvalue weighted by molar-refractivity contribution is 0.0743. The molecule has 3 aromatic rings. The molecule has 142 valence electrons. The standard InChI is InChI=1S/C19H21ClN4O2S/c20-16-4-1-6-21-17(16)5-2-7-24(8-3-9-25)19(26)14-10-18(27-13-14)15-11-22-23-12-15/h1,4,6,10-13,25H,2-3,5,7-9H2,(H,22,23). The Morgan fingerprint density at radius 1 is 1.33 bits per heavy atom. The topological polar surface area (TPSA) is 82.1 Å². The van der Waals surface area contributed by atoms with Crippen molar-refractivity contribution < 1.29 is 9.90 Å². The number of rotatable bonds is 9. The van der Waals surface area contributed by atoms with Gasteiger partial charge in [0, 0.05) is 47.9 Å². The number of halogens is 1. The van der Waals surface area contributed by atoms with Crippen molar-refractivity contribution in [3.8, 4) is 10.4 Å². The van der Waals surface area contributed by atoms with E-state index in [0.717, 1.165) is 22.6 Å². The summed E-state index contributed by atoms with van der Waals surface area (Å²) >= 11 is 7.67. The number of aliphatic hydroxyl groups excluding tert-OH is 1. The molecule has 0 fully saturated rings. The van der Waals surface area contributed by atoms with Crippen molar-refractivity contribution in [2.24, 2.45) is 0 Å². The highest BCUT2D eigenvalue weighted by Gasteiger charge is 2.18. The minimum absolute atomic E-state index is 0.0263. The Morgan fingerprint density at radius 2 is 2.19 bits per heavy atom. The van der Waals surface area contributed by atoms with Gasteiger partial charge in [-0.1, -0.05) is 11.6 Å². The molecule has 2 N–H and O–H groups in total. The normalized spacial score (nSPS) is 10.9.